The van der Waals surface area contributed by atoms with E-state index in [-0.39, 0.29) is 6.04 Å². The lowest BCUT2D eigenvalue weighted by molar-refractivity contribution is -0.192. The van der Waals surface area contributed by atoms with Gasteiger partial charge in [0, 0.05) is 12.3 Å². The molecule has 2 rings (SSSR count). The number of benzene rings is 1. The van der Waals surface area contributed by atoms with Crippen LogP contribution in [0.3, 0.4) is 0 Å². The summed E-state index contributed by atoms with van der Waals surface area (Å²) in [6.07, 6.45) is -4.19. The summed E-state index contributed by atoms with van der Waals surface area (Å²) < 4.78 is 31.7. The number of carboxylic acid groups (broad SMARTS) is 1. The number of aliphatic imine (C=N–C) groups is 1. The van der Waals surface area contributed by atoms with Crippen molar-refractivity contribution < 1.29 is 23.1 Å². The van der Waals surface area contributed by atoms with Crippen LogP contribution in [0.5, 0.6) is 0 Å². The SMILES string of the molecule is N[C@@H](Cc1ccccc1)C1=NCCS1.O=C(O)C(F)(F)F. The largest absolute Gasteiger partial charge is 0.490 e. The number of hydrogen-bond donors (Lipinski definition) is 2. The molecule has 4 nitrogen and oxygen atoms in total. The van der Waals surface area contributed by atoms with Crippen LogP contribution in [0.1, 0.15) is 5.56 Å². The van der Waals surface area contributed by atoms with Crippen LogP contribution in [0.25, 0.3) is 0 Å². The van der Waals surface area contributed by atoms with Crippen molar-refractivity contribution in [3.63, 3.8) is 0 Å². The topological polar surface area (TPSA) is 75.7 Å². The van der Waals surface area contributed by atoms with Crippen molar-refractivity contribution in [3.05, 3.63) is 35.9 Å². The molecular formula is C13H15F3N2O2S. The second-order valence-electron chi connectivity index (χ2n) is 4.17. The molecule has 21 heavy (non-hydrogen) atoms. The van der Waals surface area contributed by atoms with Gasteiger partial charge in [0.15, 0.2) is 0 Å². The quantitative estimate of drug-likeness (QED) is 0.896. The van der Waals surface area contributed by atoms with E-state index in [9.17, 15) is 13.2 Å². The molecule has 0 saturated carbocycles. The van der Waals surface area contributed by atoms with E-state index in [1.54, 1.807) is 11.8 Å². The van der Waals surface area contributed by atoms with Gasteiger partial charge in [-0.15, -0.1) is 11.8 Å². The highest BCUT2D eigenvalue weighted by Crippen LogP contribution is 2.16. The van der Waals surface area contributed by atoms with Crippen molar-refractivity contribution in [1.82, 2.24) is 0 Å². The third kappa shape index (κ3) is 6.63. The molecule has 1 aliphatic rings. The van der Waals surface area contributed by atoms with Crippen LogP contribution in [0.2, 0.25) is 0 Å². The Kier molecular flexibility index (Phi) is 6.70. The number of aliphatic carboxylic acids is 1. The highest BCUT2D eigenvalue weighted by molar-refractivity contribution is 8.14. The monoisotopic (exact) mass is 320 g/mol. The minimum atomic E-state index is -5.08. The minimum Gasteiger partial charge on any atom is -0.475 e. The number of carbonyl (C=O) groups is 1. The van der Waals surface area contributed by atoms with Gasteiger partial charge in [0.05, 0.1) is 11.1 Å². The Morgan fingerprint density at radius 2 is 1.95 bits per heavy atom. The predicted molar refractivity (Wildman–Crippen MR) is 76.6 cm³/mol. The zero-order valence-electron chi connectivity index (χ0n) is 11.0. The van der Waals surface area contributed by atoms with Crippen molar-refractivity contribution in [1.29, 1.82) is 0 Å². The Balaban J connectivity index is 0.000000270. The molecule has 0 bridgehead atoms. The van der Waals surface area contributed by atoms with E-state index in [1.165, 1.54) is 5.56 Å². The lowest BCUT2D eigenvalue weighted by Crippen LogP contribution is -2.29. The summed E-state index contributed by atoms with van der Waals surface area (Å²) >= 11 is 1.79. The second-order valence-corrected chi connectivity index (χ2v) is 5.28. The van der Waals surface area contributed by atoms with E-state index in [2.05, 4.69) is 17.1 Å². The fourth-order valence-electron chi connectivity index (χ4n) is 1.53. The maximum absolute atomic E-state index is 10.6. The number of nitrogens with two attached hydrogens (primary N) is 1. The number of carboxylic acids is 1. The first-order chi connectivity index (χ1) is 9.80. The fourth-order valence-corrected chi connectivity index (χ4v) is 2.40. The number of hydrogen-bond acceptors (Lipinski definition) is 4. The summed E-state index contributed by atoms with van der Waals surface area (Å²) in [7, 11) is 0. The van der Waals surface area contributed by atoms with Gasteiger partial charge in [-0.25, -0.2) is 4.79 Å². The summed E-state index contributed by atoms with van der Waals surface area (Å²) in [6, 6.07) is 10.4. The van der Waals surface area contributed by atoms with Gasteiger partial charge >= 0.3 is 12.1 Å². The summed E-state index contributed by atoms with van der Waals surface area (Å²) in [5, 5.41) is 8.24. The average Bonchev–Trinajstić information content (AvgIpc) is 2.93. The molecule has 0 spiro atoms. The van der Waals surface area contributed by atoms with Crippen LogP contribution in [-0.4, -0.2) is 40.6 Å². The van der Waals surface area contributed by atoms with Gasteiger partial charge in [-0.3, -0.25) is 4.99 Å². The summed E-state index contributed by atoms with van der Waals surface area (Å²) in [5.41, 5.74) is 7.35. The number of rotatable bonds is 3. The van der Waals surface area contributed by atoms with Gasteiger partial charge in [-0.2, -0.15) is 13.2 Å². The minimum absolute atomic E-state index is 0.0879. The average molecular weight is 320 g/mol. The van der Waals surface area contributed by atoms with E-state index in [4.69, 9.17) is 15.6 Å². The zero-order valence-corrected chi connectivity index (χ0v) is 11.8. The lowest BCUT2D eigenvalue weighted by atomic mass is 10.1. The van der Waals surface area contributed by atoms with E-state index in [0.717, 1.165) is 23.8 Å². The van der Waals surface area contributed by atoms with Crippen LogP contribution in [0.15, 0.2) is 35.3 Å². The molecule has 1 heterocycles. The van der Waals surface area contributed by atoms with Gasteiger partial charge in [0.2, 0.25) is 0 Å². The first kappa shape index (κ1) is 17.5. The fraction of sp³-hybridized carbons (Fsp3) is 0.385. The molecule has 116 valence electrons. The number of thioether (sulfide) groups is 1. The molecule has 1 aliphatic heterocycles. The molecule has 1 aromatic carbocycles. The number of alkyl halides is 3. The van der Waals surface area contributed by atoms with Gasteiger partial charge in [0.1, 0.15) is 0 Å². The Morgan fingerprint density at radius 3 is 2.38 bits per heavy atom. The molecule has 1 aromatic rings. The molecular weight excluding hydrogens is 305 g/mol. The molecule has 0 aliphatic carbocycles. The first-order valence-electron chi connectivity index (χ1n) is 6.07. The van der Waals surface area contributed by atoms with Crippen LogP contribution < -0.4 is 5.73 Å². The van der Waals surface area contributed by atoms with E-state index < -0.39 is 12.1 Å². The van der Waals surface area contributed by atoms with Crippen LogP contribution >= 0.6 is 11.8 Å². The standard InChI is InChI=1S/C11H14N2S.C2HF3O2/c12-10(11-13-6-7-14-11)8-9-4-2-1-3-5-9;3-2(4,5)1(6)7/h1-5,10H,6-8,12H2;(H,6,7)/t10-;/m0./s1. The lowest BCUT2D eigenvalue weighted by Gasteiger charge is -2.10. The second kappa shape index (κ2) is 8.04. The van der Waals surface area contributed by atoms with Crippen molar-refractivity contribution in [2.45, 2.75) is 18.6 Å². The number of nitrogens with zero attached hydrogens (tertiary/aromatic N) is 1. The maximum Gasteiger partial charge on any atom is 0.490 e. The van der Waals surface area contributed by atoms with Gasteiger partial charge in [0.25, 0.3) is 0 Å². The summed E-state index contributed by atoms with van der Waals surface area (Å²) in [4.78, 5) is 13.3. The highest BCUT2D eigenvalue weighted by Gasteiger charge is 2.38. The summed E-state index contributed by atoms with van der Waals surface area (Å²) in [6.45, 7) is 0.933. The first-order valence-corrected chi connectivity index (χ1v) is 7.06. The van der Waals surface area contributed by atoms with Crippen molar-refractivity contribution in [2.24, 2.45) is 10.7 Å². The molecule has 8 heteroatoms. The molecule has 1 atom stereocenters. The van der Waals surface area contributed by atoms with Crippen molar-refractivity contribution in [2.75, 3.05) is 12.3 Å². The van der Waals surface area contributed by atoms with Crippen LogP contribution in [0.4, 0.5) is 13.2 Å². The van der Waals surface area contributed by atoms with Gasteiger partial charge < -0.3 is 10.8 Å². The molecule has 0 aromatic heterocycles. The Morgan fingerprint density at radius 1 is 1.38 bits per heavy atom. The normalized spacial score (nSPS) is 15.7. The zero-order chi connectivity index (χ0) is 15.9. The third-order valence-corrected chi connectivity index (χ3v) is 3.58. The van der Waals surface area contributed by atoms with Gasteiger partial charge in [-0.1, -0.05) is 30.3 Å². The third-order valence-electron chi connectivity index (χ3n) is 2.47. The van der Waals surface area contributed by atoms with Gasteiger partial charge in [-0.05, 0) is 12.0 Å². The molecule has 3 N–H and O–H groups in total. The number of halogens is 3. The molecule has 0 fully saturated rings. The molecule has 0 amide bonds. The van der Waals surface area contributed by atoms with Crippen LogP contribution in [-0.2, 0) is 11.2 Å². The van der Waals surface area contributed by atoms with Crippen molar-refractivity contribution in [3.8, 4) is 0 Å². The van der Waals surface area contributed by atoms with E-state index in [0.29, 0.717) is 0 Å². The molecule has 0 saturated heterocycles. The highest BCUT2D eigenvalue weighted by atomic mass is 32.2. The Hall–Kier alpha value is -1.54. The predicted octanol–water partition coefficient (Wildman–Crippen LogP) is 2.33. The molecule has 0 unspecified atom stereocenters. The Bertz CT molecular complexity index is 492. The van der Waals surface area contributed by atoms with Crippen molar-refractivity contribution >= 4 is 22.8 Å². The smallest absolute Gasteiger partial charge is 0.475 e. The summed E-state index contributed by atoms with van der Waals surface area (Å²) in [5.74, 6) is -1.66. The van der Waals surface area contributed by atoms with Crippen LogP contribution in [0, 0.1) is 0 Å². The Labute approximate surface area is 124 Å². The van der Waals surface area contributed by atoms with E-state index >= 15 is 0 Å². The van der Waals surface area contributed by atoms with E-state index in [1.807, 2.05) is 18.2 Å². The molecule has 0 radical (unpaired) electrons. The maximum atomic E-state index is 10.6.